The normalized spacial score (nSPS) is 17.8. The molecule has 1 unspecified atom stereocenters. The second-order valence-corrected chi connectivity index (χ2v) is 5.11. The van der Waals surface area contributed by atoms with E-state index in [4.69, 9.17) is 0 Å². The van der Waals surface area contributed by atoms with Crippen molar-refractivity contribution in [1.29, 1.82) is 0 Å². The van der Waals surface area contributed by atoms with E-state index in [-0.39, 0.29) is 5.82 Å². The molecule has 0 bridgehead atoms. The van der Waals surface area contributed by atoms with E-state index in [1.165, 1.54) is 12.8 Å². The fourth-order valence-corrected chi connectivity index (χ4v) is 1.94. The largest absolute Gasteiger partial charge is 0.310 e. The molecule has 1 aliphatic rings. The highest BCUT2D eigenvalue weighted by atomic mass is 79.9. The first-order valence-corrected chi connectivity index (χ1v) is 6.13. The Bertz CT molecular complexity index is 349. The lowest BCUT2D eigenvalue weighted by molar-refractivity contribution is 0.495. The average Bonchev–Trinajstić information content (AvgIpc) is 3.03. The minimum Gasteiger partial charge on any atom is -0.310 e. The Balaban J connectivity index is 1.89. The first-order valence-electron chi connectivity index (χ1n) is 5.34. The summed E-state index contributed by atoms with van der Waals surface area (Å²) < 4.78 is 13.7. The van der Waals surface area contributed by atoms with Gasteiger partial charge in [0.2, 0.25) is 0 Å². The summed E-state index contributed by atoms with van der Waals surface area (Å²) in [5.41, 5.74) is 1.00. The second-order valence-electron chi connectivity index (χ2n) is 4.26. The molecule has 0 heterocycles. The van der Waals surface area contributed by atoms with Crippen LogP contribution in [0.3, 0.4) is 0 Å². The molecule has 1 N–H and O–H groups in total. The van der Waals surface area contributed by atoms with Crippen LogP contribution < -0.4 is 5.32 Å². The van der Waals surface area contributed by atoms with Gasteiger partial charge in [-0.1, -0.05) is 6.07 Å². The summed E-state index contributed by atoms with van der Waals surface area (Å²) >= 11 is 3.15. The van der Waals surface area contributed by atoms with Crippen LogP contribution in [0.25, 0.3) is 0 Å². The summed E-state index contributed by atoms with van der Waals surface area (Å²) in [6.07, 6.45) is 2.67. The van der Waals surface area contributed by atoms with Crippen molar-refractivity contribution in [2.75, 3.05) is 0 Å². The molecule has 0 spiro atoms. The Kier molecular flexibility index (Phi) is 3.42. The highest BCUT2D eigenvalue weighted by Gasteiger charge is 2.27. The first kappa shape index (κ1) is 11.1. The van der Waals surface area contributed by atoms with E-state index >= 15 is 0 Å². The van der Waals surface area contributed by atoms with Crippen molar-refractivity contribution in [2.45, 2.75) is 32.4 Å². The third-order valence-corrected chi connectivity index (χ3v) is 3.58. The van der Waals surface area contributed by atoms with Gasteiger partial charge in [-0.25, -0.2) is 4.39 Å². The molecule has 0 saturated heterocycles. The summed E-state index contributed by atoms with van der Waals surface area (Å²) in [5.74, 6) is 0.652. The van der Waals surface area contributed by atoms with Crippen LogP contribution in [0.15, 0.2) is 22.7 Å². The van der Waals surface area contributed by atoms with E-state index in [0.29, 0.717) is 10.5 Å². The van der Waals surface area contributed by atoms with Gasteiger partial charge in [0.25, 0.3) is 0 Å². The van der Waals surface area contributed by atoms with Gasteiger partial charge >= 0.3 is 0 Å². The molecule has 0 aliphatic heterocycles. The lowest BCUT2D eigenvalue weighted by atomic mass is 10.2. The van der Waals surface area contributed by atoms with Gasteiger partial charge in [0, 0.05) is 12.6 Å². The smallest absolute Gasteiger partial charge is 0.137 e. The predicted molar refractivity (Wildman–Crippen MR) is 63.1 cm³/mol. The minimum absolute atomic E-state index is 0.187. The molecule has 2 rings (SSSR count). The number of hydrogen-bond donors (Lipinski definition) is 1. The zero-order chi connectivity index (χ0) is 10.8. The van der Waals surface area contributed by atoms with Crippen molar-refractivity contribution < 1.29 is 4.39 Å². The van der Waals surface area contributed by atoms with Gasteiger partial charge in [-0.2, -0.15) is 0 Å². The Morgan fingerprint density at radius 2 is 2.27 bits per heavy atom. The van der Waals surface area contributed by atoms with Crippen molar-refractivity contribution in [2.24, 2.45) is 5.92 Å². The van der Waals surface area contributed by atoms with Gasteiger partial charge in [0.1, 0.15) is 5.82 Å². The average molecular weight is 272 g/mol. The van der Waals surface area contributed by atoms with Gasteiger partial charge in [-0.15, -0.1) is 0 Å². The van der Waals surface area contributed by atoms with E-state index in [1.54, 1.807) is 12.1 Å². The van der Waals surface area contributed by atoms with E-state index < -0.39 is 0 Å². The summed E-state index contributed by atoms with van der Waals surface area (Å²) in [6.45, 7) is 2.95. The van der Waals surface area contributed by atoms with Crippen molar-refractivity contribution >= 4 is 15.9 Å². The molecule has 1 aromatic carbocycles. The SMILES string of the molecule is CC(NCc1ccc(Br)c(F)c1)C1CC1. The molecule has 1 aromatic rings. The van der Waals surface area contributed by atoms with Crippen LogP contribution in [-0.2, 0) is 6.54 Å². The molecule has 0 aromatic heterocycles. The van der Waals surface area contributed by atoms with Crippen LogP contribution in [0.1, 0.15) is 25.3 Å². The van der Waals surface area contributed by atoms with Crippen molar-refractivity contribution in [1.82, 2.24) is 5.32 Å². The Hall–Kier alpha value is -0.410. The van der Waals surface area contributed by atoms with Crippen LogP contribution in [0.2, 0.25) is 0 Å². The highest BCUT2D eigenvalue weighted by molar-refractivity contribution is 9.10. The minimum atomic E-state index is -0.187. The number of nitrogens with one attached hydrogen (secondary N) is 1. The van der Waals surface area contributed by atoms with Crippen LogP contribution in [0.5, 0.6) is 0 Å². The summed E-state index contributed by atoms with van der Waals surface area (Å²) in [5, 5.41) is 3.43. The maximum Gasteiger partial charge on any atom is 0.137 e. The number of benzene rings is 1. The molecule has 1 aliphatic carbocycles. The van der Waals surface area contributed by atoms with Gasteiger partial charge in [-0.3, -0.25) is 0 Å². The molecule has 3 heteroatoms. The van der Waals surface area contributed by atoms with Crippen LogP contribution in [-0.4, -0.2) is 6.04 Å². The topological polar surface area (TPSA) is 12.0 Å². The van der Waals surface area contributed by atoms with E-state index in [1.807, 2.05) is 6.07 Å². The maximum atomic E-state index is 13.2. The fraction of sp³-hybridized carbons (Fsp3) is 0.500. The monoisotopic (exact) mass is 271 g/mol. The Labute approximate surface area is 98.2 Å². The molecular formula is C12H15BrFN. The van der Waals surface area contributed by atoms with Gasteiger partial charge in [-0.05, 0) is 59.3 Å². The lowest BCUT2D eigenvalue weighted by Crippen LogP contribution is -2.27. The zero-order valence-corrected chi connectivity index (χ0v) is 10.3. The van der Waals surface area contributed by atoms with E-state index in [2.05, 4.69) is 28.2 Å². The molecule has 1 fully saturated rings. The molecule has 1 saturated carbocycles. The Morgan fingerprint density at radius 3 is 2.87 bits per heavy atom. The van der Waals surface area contributed by atoms with Crippen molar-refractivity contribution in [3.05, 3.63) is 34.1 Å². The molecule has 15 heavy (non-hydrogen) atoms. The highest BCUT2D eigenvalue weighted by Crippen LogP contribution is 2.32. The van der Waals surface area contributed by atoms with Crippen LogP contribution >= 0.6 is 15.9 Å². The fourth-order valence-electron chi connectivity index (χ4n) is 1.69. The van der Waals surface area contributed by atoms with Crippen molar-refractivity contribution in [3.63, 3.8) is 0 Å². The standard InChI is InChI=1S/C12H15BrFN/c1-8(10-3-4-10)15-7-9-2-5-11(13)12(14)6-9/h2,5-6,8,10,15H,3-4,7H2,1H3. The third kappa shape index (κ3) is 3.02. The second kappa shape index (κ2) is 4.62. The molecule has 0 amide bonds. The first-order chi connectivity index (χ1) is 7.16. The lowest BCUT2D eigenvalue weighted by Gasteiger charge is -2.12. The predicted octanol–water partition coefficient (Wildman–Crippen LogP) is 3.48. The summed E-state index contributed by atoms with van der Waals surface area (Å²) in [6, 6.07) is 5.83. The zero-order valence-electron chi connectivity index (χ0n) is 8.76. The number of rotatable bonds is 4. The molecule has 82 valence electrons. The number of hydrogen-bond acceptors (Lipinski definition) is 1. The molecular weight excluding hydrogens is 257 g/mol. The molecule has 1 atom stereocenters. The van der Waals surface area contributed by atoms with Crippen LogP contribution in [0.4, 0.5) is 4.39 Å². The van der Waals surface area contributed by atoms with Crippen molar-refractivity contribution in [3.8, 4) is 0 Å². The summed E-state index contributed by atoms with van der Waals surface area (Å²) in [7, 11) is 0. The summed E-state index contributed by atoms with van der Waals surface area (Å²) in [4.78, 5) is 0. The van der Waals surface area contributed by atoms with Gasteiger partial charge in [0.05, 0.1) is 4.47 Å². The number of halogens is 2. The quantitative estimate of drug-likeness (QED) is 0.884. The van der Waals surface area contributed by atoms with E-state index in [9.17, 15) is 4.39 Å². The third-order valence-electron chi connectivity index (χ3n) is 2.94. The van der Waals surface area contributed by atoms with Gasteiger partial charge in [0.15, 0.2) is 0 Å². The maximum absolute atomic E-state index is 13.2. The molecule has 1 nitrogen and oxygen atoms in total. The van der Waals surface area contributed by atoms with E-state index in [0.717, 1.165) is 18.0 Å². The van der Waals surface area contributed by atoms with Gasteiger partial charge < -0.3 is 5.32 Å². The Morgan fingerprint density at radius 1 is 1.53 bits per heavy atom. The molecule has 0 radical (unpaired) electrons. The van der Waals surface area contributed by atoms with Crippen LogP contribution in [0, 0.1) is 11.7 Å².